The Bertz CT molecular complexity index is 377. The van der Waals surface area contributed by atoms with Gasteiger partial charge in [0.15, 0.2) is 0 Å². The average Bonchev–Trinajstić information content (AvgIpc) is 2.43. The van der Waals surface area contributed by atoms with Gasteiger partial charge in [-0.3, -0.25) is 0 Å². The molecule has 1 saturated carbocycles. The SMILES string of the molecule is COCC(CCCNC(=O)OC(C)(C)C)NC1CCCCC1(C)C. The van der Waals surface area contributed by atoms with E-state index in [1.165, 1.54) is 25.7 Å². The molecule has 0 saturated heterocycles. The first-order valence-corrected chi connectivity index (χ1v) is 9.36. The quantitative estimate of drug-likeness (QED) is 0.658. The molecule has 1 amide bonds. The van der Waals surface area contributed by atoms with Gasteiger partial charge in [0, 0.05) is 25.7 Å². The van der Waals surface area contributed by atoms with Crippen molar-refractivity contribution in [2.24, 2.45) is 5.41 Å². The van der Waals surface area contributed by atoms with Gasteiger partial charge in [0.1, 0.15) is 5.60 Å². The molecule has 5 nitrogen and oxygen atoms in total. The van der Waals surface area contributed by atoms with Crippen LogP contribution in [0.15, 0.2) is 0 Å². The minimum Gasteiger partial charge on any atom is -0.444 e. The molecule has 1 fully saturated rings. The van der Waals surface area contributed by atoms with E-state index in [9.17, 15) is 4.79 Å². The number of ether oxygens (including phenoxy) is 2. The molecule has 1 rings (SSSR count). The number of rotatable bonds is 8. The van der Waals surface area contributed by atoms with E-state index in [-0.39, 0.29) is 6.09 Å². The number of methoxy groups -OCH3 is 1. The fourth-order valence-electron chi connectivity index (χ4n) is 3.36. The molecule has 0 aliphatic heterocycles. The highest BCUT2D eigenvalue weighted by molar-refractivity contribution is 5.67. The lowest BCUT2D eigenvalue weighted by Crippen LogP contribution is -2.50. The van der Waals surface area contributed by atoms with Crippen LogP contribution in [0.2, 0.25) is 0 Å². The molecule has 1 aliphatic carbocycles. The van der Waals surface area contributed by atoms with Crippen LogP contribution < -0.4 is 10.6 Å². The molecular formula is C19H38N2O3. The fourth-order valence-corrected chi connectivity index (χ4v) is 3.36. The lowest BCUT2D eigenvalue weighted by Gasteiger charge is -2.41. The molecule has 0 spiro atoms. The number of nitrogens with one attached hydrogen (secondary N) is 2. The highest BCUT2D eigenvalue weighted by Crippen LogP contribution is 2.35. The third-order valence-corrected chi connectivity index (χ3v) is 4.71. The first-order chi connectivity index (χ1) is 11.1. The zero-order chi connectivity index (χ0) is 18.2. The van der Waals surface area contributed by atoms with Crippen LogP contribution in [0.3, 0.4) is 0 Å². The standard InChI is InChI=1S/C19H38N2O3/c1-18(2,3)24-17(22)20-13-9-10-15(14-23-6)21-16-11-7-8-12-19(16,4)5/h15-16,21H,7-14H2,1-6H3,(H,20,22). The van der Waals surface area contributed by atoms with Crippen molar-refractivity contribution in [1.29, 1.82) is 0 Å². The molecule has 142 valence electrons. The highest BCUT2D eigenvalue weighted by atomic mass is 16.6. The molecule has 0 aromatic carbocycles. The maximum Gasteiger partial charge on any atom is 0.407 e. The van der Waals surface area contributed by atoms with Crippen LogP contribution in [-0.4, -0.2) is 44.0 Å². The number of carbonyl (C=O) groups is 1. The smallest absolute Gasteiger partial charge is 0.407 e. The van der Waals surface area contributed by atoms with Crippen LogP contribution in [-0.2, 0) is 9.47 Å². The molecule has 2 N–H and O–H groups in total. The lowest BCUT2D eigenvalue weighted by molar-refractivity contribution is 0.0525. The number of hydrogen-bond acceptors (Lipinski definition) is 4. The minimum atomic E-state index is -0.448. The topological polar surface area (TPSA) is 59.6 Å². The summed E-state index contributed by atoms with van der Waals surface area (Å²) in [6.07, 6.45) is 6.71. The summed E-state index contributed by atoms with van der Waals surface area (Å²) in [5, 5.41) is 6.63. The van der Waals surface area contributed by atoms with Crippen molar-refractivity contribution in [3.8, 4) is 0 Å². The third-order valence-electron chi connectivity index (χ3n) is 4.71. The van der Waals surface area contributed by atoms with Gasteiger partial charge in [-0.15, -0.1) is 0 Å². The second kappa shape index (κ2) is 9.62. The van der Waals surface area contributed by atoms with Crippen molar-refractivity contribution in [2.75, 3.05) is 20.3 Å². The van der Waals surface area contributed by atoms with Crippen LogP contribution >= 0.6 is 0 Å². The lowest BCUT2D eigenvalue weighted by atomic mass is 9.73. The Kier molecular flexibility index (Phi) is 8.51. The summed E-state index contributed by atoms with van der Waals surface area (Å²) < 4.78 is 10.6. The summed E-state index contributed by atoms with van der Waals surface area (Å²) in [6, 6.07) is 0.878. The van der Waals surface area contributed by atoms with E-state index in [0.717, 1.165) is 12.8 Å². The summed E-state index contributed by atoms with van der Waals surface area (Å²) in [6.45, 7) is 11.7. The van der Waals surface area contributed by atoms with E-state index < -0.39 is 5.60 Å². The van der Waals surface area contributed by atoms with Crippen molar-refractivity contribution >= 4 is 6.09 Å². The minimum absolute atomic E-state index is 0.331. The van der Waals surface area contributed by atoms with E-state index in [2.05, 4.69) is 24.5 Å². The molecule has 0 radical (unpaired) electrons. The van der Waals surface area contributed by atoms with E-state index >= 15 is 0 Å². The van der Waals surface area contributed by atoms with Gasteiger partial charge in [-0.25, -0.2) is 4.79 Å². The maximum atomic E-state index is 11.7. The van der Waals surface area contributed by atoms with Crippen molar-refractivity contribution in [3.63, 3.8) is 0 Å². The zero-order valence-corrected chi connectivity index (χ0v) is 16.5. The summed E-state index contributed by atoms with van der Waals surface area (Å²) in [5.41, 5.74) is -0.101. The molecule has 0 heterocycles. The molecule has 2 atom stereocenters. The highest BCUT2D eigenvalue weighted by Gasteiger charge is 2.33. The van der Waals surface area contributed by atoms with Gasteiger partial charge in [-0.2, -0.15) is 0 Å². The Morgan fingerprint density at radius 2 is 2.00 bits per heavy atom. The number of amides is 1. The molecule has 5 heteroatoms. The monoisotopic (exact) mass is 342 g/mol. The second-order valence-corrected chi connectivity index (χ2v) is 8.68. The van der Waals surface area contributed by atoms with Crippen LogP contribution in [0, 0.1) is 5.41 Å². The molecular weight excluding hydrogens is 304 g/mol. The zero-order valence-electron chi connectivity index (χ0n) is 16.5. The third kappa shape index (κ3) is 8.34. The number of carbonyl (C=O) groups excluding carboxylic acids is 1. The van der Waals surface area contributed by atoms with Gasteiger partial charge in [-0.1, -0.05) is 26.7 Å². The summed E-state index contributed by atoms with van der Waals surface area (Å²) >= 11 is 0. The average molecular weight is 343 g/mol. The Morgan fingerprint density at radius 3 is 2.58 bits per heavy atom. The molecule has 24 heavy (non-hydrogen) atoms. The van der Waals surface area contributed by atoms with Crippen molar-refractivity contribution < 1.29 is 14.3 Å². The van der Waals surface area contributed by atoms with E-state index in [1.54, 1.807) is 7.11 Å². The van der Waals surface area contributed by atoms with Crippen molar-refractivity contribution in [2.45, 2.75) is 90.8 Å². The van der Waals surface area contributed by atoms with Gasteiger partial charge in [-0.05, 0) is 51.9 Å². The van der Waals surface area contributed by atoms with Gasteiger partial charge < -0.3 is 20.1 Å². The van der Waals surface area contributed by atoms with Crippen molar-refractivity contribution in [1.82, 2.24) is 10.6 Å². The largest absolute Gasteiger partial charge is 0.444 e. The summed E-state index contributed by atoms with van der Waals surface area (Å²) in [7, 11) is 1.75. The Hall–Kier alpha value is -0.810. The fraction of sp³-hybridized carbons (Fsp3) is 0.947. The molecule has 0 aromatic heterocycles. The Balaban J connectivity index is 2.34. The number of alkyl carbamates (subject to hydrolysis) is 1. The summed E-state index contributed by atoms with van der Waals surface area (Å²) in [5.74, 6) is 0. The van der Waals surface area contributed by atoms with Gasteiger partial charge in [0.25, 0.3) is 0 Å². The van der Waals surface area contributed by atoms with Gasteiger partial charge in [0.05, 0.1) is 6.61 Å². The van der Waals surface area contributed by atoms with Crippen LogP contribution in [0.5, 0.6) is 0 Å². The van der Waals surface area contributed by atoms with Crippen LogP contribution in [0.25, 0.3) is 0 Å². The van der Waals surface area contributed by atoms with Crippen LogP contribution in [0.4, 0.5) is 4.79 Å². The van der Waals surface area contributed by atoms with E-state index in [1.807, 2.05) is 20.8 Å². The first-order valence-electron chi connectivity index (χ1n) is 9.36. The molecule has 0 bridgehead atoms. The second-order valence-electron chi connectivity index (χ2n) is 8.68. The molecule has 2 unspecified atom stereocenters. The maximum absolute atomic E-state index is 11.7. The normalized spacial score (nSPS) is 22.0. The molecule has 1 aliphatic rings. The van der Waals surface area contributed by atoms with E-state index in [4.69, 9.17) is 9.47 Å². The summed E-state index contributed by atoms with van der Waals surface area (Å²) in [4.78, 5) is 11.7. The number of hydrogen-bond donors (Lipinski definition) is 2. The molecule has 0 aromatic rings. The predicted octanol–water partition coefficient (Wildman–Crippen LogP) is 3.86. The van der Waals surface area contributed by atoms with Crippen LogP contribution in [0.1, 0.15) is 73.1 Å². The Morgan fingerprint density at radius 1 is 1.29 bits per heavy atom. The van der Waals surface area contributed by atoms with Crippen molar-refractivity contribution in [3.05, 3.63) is 0 Å². The Labute approximate surface area is 148 Å². The predicted molar refractivity (Wildman–Crippen MR) is 98.3 cm³/mol. The first kappa shape index (κ1) is 21.2. The van der Waals surface area contributed by atoms with E-state index in [0.29, 0.717) is 30.7 Å². The van der Waals surface area contributed by atoms with Gasteiger partial charge in [0.2, 0.25) is 0 Å². The van der Waals surface area contributed by atoms with Gasteiger partial charge >= 0.3 is 6.09 Å².